The van der Waals surface area contributed by atoms with Gasteiger partial charge in [-0.2, -0.15) is 0 Å². The SMILES string of the molecule is COCCCNC(=O)CN(C)C(C)c1ccc(Cl)cc1. The number of methoxy groups -OCH3 is 1. The Morgan fingerprint density at radius 1 is 1.40 bits per heavy atom. The molecule has 1 amide bonds. The topological polar surface area (TPSA) is 41.6 Å². The van der Waals surface area contributed by atoms with Gasteiger partial charge in [-0.25, -0.2) is 0 Å². The van der Waals surface area contributed by atoms with Crippen molar-refractivity contribution in [2.75, 3.05) is 33.9 Å². The number of rotatable bonds is 8. The molecule has 0 aromatic heterocycles. The van der Waals surface area contributed by atoms with Crippen molar-refractivity contribution in [3.63, 3.8) is 0 Å². The van der Waals surface area contributed by atoms with Crippen molar-refractivity contribution in [1.29, 1.82) is 0 Å². The highest BCUT2D eigenvalue weighted by Gasteiger charge is 2.14. The van der Waals surface area contributed by atoms with E-state index in [9.17, 15) is 4.79 Å². The van der Waals surface area contributed by atoms with Crippen LogP contribution in [0.4, 0.5) is 0 Å². The maximum Gasteiger partial charge on any atom is 0.234 e. The lowest BCUT2D eigenvalue weighted by molar-refractivity contribution is -0.122. The van der Waals surface area contributed by atoms with Gasteiger partial charge in [0.25, 0.3) is 0 Å². The minimum atomic E-state index is 0.0319. The van der Waals surface area contributed by atoms with Gasteiger partial charge >= 0.3 is 0 Å². The molecule has 1 unspecified atom stereocenters. The summed E-state index contributed by atoms with van der Waals surface area (Å²) >= 11 is 5.88. The van der Waals surface area contributed by atoms with Crippen LogP contribution in [0.25, 0.3) is 0 Å². The zero-order valence-corrected chi connectivity index (χ0v) is 13.1. The van der Waals surface area contributed by atoms with Gasteiger partial charge in [0.2, 0.25) is 5.91 Å². The number of amides is 1. The van der Waals surface area contributed by atoms with Crippen molar-refractivity contribution in [1.82, 2.24) is 10.2 Å². The third-order valence-corrected chi connectivity index (χ3v) is 3.51. The Kier molecular flexibility index (Phi) is 7.59. The second-order valence-corrected chi connectivity index (χ2v) is 5.28. The Bertz CT molecular complexity index is 409. The third-order valence-electron chi connectivity index (χ3n) is 3.25. The van der Waals surface area contributed by atoms with Gasteiger partial charge in [0, 0.05) is 31.3 Å². The fourth-order valence-corrected chi connectivity index (χ4v) is 1.99. The molecule has 0 saturated heterocycles. The van der Waals surface area contributed by atoms with E-state index in [1.807, 2.05) is 36.2 Å². The van der Waals surface area contributed by atoms with Crippen LogP contribution in [0.1, 0.15) is 24.9 Å². The van der Waals surface area contributed by atoms with Crippen molar-refractivity contribution < 1.29 is 9.53 Å². The molecule has 0 saturated carbocycles. The number of carbonyl (C=O) groups is 1. The Morgan fingerprint density at radius 3 is 2.65 bits per heavy atom. The molecule has 1 N–H and O–H groups in total. The van der Waals surface area contributed by atoms with E-state index in [-0.39, 0.29) is 11.9 Å². The fourth-order valence-electron chi connectivity index (χ4n) is 1.86. The molecule has 0 heterocycles. The summed E-state index contributed by atoms with van der Waals surface area (Å²) < 4.78 is 4.94. The van der Waals surface area contributed by atoms with Gasteiger partial charge in [0.05, 0.1) is 6.54 Å². The first-order valence-corrected chi connectivity index (χ1v) is 7.13. The van der Waals surface area contributed by atoms with Gasteiger partial charge < -0.3 is 10.1 Å². The minimum absolute atomic E-state index is 0.0319. The van der Waals surface area contributed by atoms with E-state index < -0.39 is 0 Å². The van der Waals surface area contributed by atoms with Crippen LogP contribution in [0.3, 0.4) is 0 Å². The van der Waals surface area contributed by atoms with E-state index in [0.717, 1.165) is 17.0 Å². The summed E-state index contributed by atoms with van der Waals surface area (Å²) in [6.07, 6.45) is 0.832. The molecule has 1 atom stereocenters. The van der Waals surface area contributed by atoms with Crippen LogP contribution in [0.15, 0.2) is 24.3 Å². The standard InChI is InChI=1S/C15H23ClN2O2/c1-12(13-5-7-14(16)8-6-13)18(2)11-15(19)17-9-4-10-20-3/h5-8,12H,4,9-11H2,1-3H3,(H,17,19). The lowest BCUT2D eigenvalue weighted by Crippen LogP contribution is -2.37. The van der Waals surface area contributed by atoms with E-state index in [1.54, 1.807) is 7.11 Å². The van der Waals surface area contributed by atoms with Gasteiger partial charge in [0.1, 0.15) is 0 Å². The molecule has 112 valence electrons. The average molecular weight is 299 g/mol. The summed E-state index contributed by atoms with van der Waals surface area (Å²) in [5, 5.41) is 3.60. The molecule has 0 aliphatic carbocycles. The van der Waals surface area contributed by atoms with Crippen LogP contribution in [-0.2, 0) is 9.53 Å². The number of likely N-dealkylation sites (N-methyl/N-ethyl adjacent to an activating group) is 1. The predicted molar refractivity (Wildman–Crippen MR) is 82.0 cm³/mol. The largest absolute Gasteiger partial charge is 0.385 e. The number of ether oxygens (including phenoxy) is 1. The van der Waals surface area contributed by atoms with Crippen LogP contribution >= 0.6 is 11.6 Å². The lowest BCUT2D eigenvalue weighted by Gasteiger charge is -2.24. The number of hydrogen-bond donors (Lipinski definition) is 1. The molecule has 1 aromatic carbocycles. The van der Waals surface area contributed by atoms with Crippen molar-refractivity contribution in [3.8, 4) is 0 Å². The molecular formula is C15H23ClN2O2. The molecule has 0 aliphatic rings. The molecule has 0 spiro atoms. The molecule has 0 radical (unpaired) electrons. The summed E-state index contributed by atoms with van der Waals surface area (Å²) in [5.74, 6) is 0.0319. The Labute approximate surface area is 126 Å². The summed E-state index contributed by atoms with van der Waals surface area (Å²) in [4.78, 5) is 13.8. The van der Waals surface area contributed by atoms with E-state index in [4.69, 9.17) is 16.3 Å². The van der Waals surface area contributed by atoms with Gasteiger partial charge in [-0.15, -0.1) is 0 Å². The third kappa shape index (κ3) is 5.90. The Balaban J connectivity index is 2.39. The highest BCUT2D eigenvalue weighted by atomic mass is 35.5. The van der Waals surface area contributed by atoms with E-state index in [0.29, 0.717) is 19.7 Å². The summed E-state index contributed by atoms with van der Waals surface area (Å²) in [7, 11) is 3.59. The molecule has 1 rings (SSSR count). The average Bonchev–Trinajstić information content (AvgIpc) is 2.43. The van der Waals surface area contributed by atoms with Gasteiger partial charge in [-0.1, -0.05) is 23.7 Å². The quantitative estimate of drug-likeness (QED) is 0.750. The predicted octanol–water partition coefficient (Wildman–Crippen LogP) is 2.49. The maximum absolute atomic E-state index is 11.8. The number of hydrogen-bond acceptors (Lipinski definition) is 3. The number of benzene rings is 1. The number of nitrogens with one attached hydrogen (secondary N) is 1. The molecule has 0 aliphatic heterocycles. The highest BCUT2D eigenvalue weighted by molar-refractivity contribution is 6.30. The normalized spacial score (nSPS) is 12.4. The second-order valence-electron chi connectivity index (χ2n) is 4.84. The summed E-state index contributed by atoms with van der Waals surface area (Å²) in [5.41, 5.74) is 1.14. The van der Waals surface area contributed by atoms with Crippen LogP contribution in [-0.4, -0.2) is 44.7 Å². The van der Waals surface area contributed by atoms with E-state index >= 15 is 0 Å². The minimum Gasteiger partial charge on any atom is -0.385 e. The van der Waals surface area contributed by atoms with E-state index in [2.05, 4.69) is 12.2 Å². The van der Waals surface area contributed by atoms with Crippen molar-refractivity contribution in [3.05, 3.63) is 34.9 Å². The summed E-state index contributed by atoms with van der Waals surface area (Å²) in [6.45, 7) is 3.76. The van der Waals surface area contributed by atoms with Crippen LogP contribution in [0.5, 0.6) is 0 Å². The smallest absolute Gasteiger partial charge is 0.234 e. The first kappa shape index (κ1) is 17.0. The summed E-state index contributed by atoms with van der Waals surface area (Å²) in [6, 6.07) is 7.87. The van der Waals surface area contributed by atoms with E-state index in [1.165, 1.54) is 0 Å². The fraction of sp³-hybridized carbons (Fsp3) is 0.533. The van der Waals surface area contributed by atoms with Gasteiger partial charge in [-0.05, 0) is 38.1 Å². The molecule has 1 aromatic rings. The number of nitrogens with zero attached hydrogens (tertiary/aromatic N) is 1. The Morgan fingerprint density at radius 2 is 2.05 bits per heavy atom. The van der Waals surface area contributed by atoms with Crippen molar-refractivity contribution >= 4 is 17.5 Å². The molecule has 0 fully saturated rings. The monoisotopic (exact) mass is 298 g/mol. The van der Waals surface area contributed by atoms with Gasteiger partial charge in [0.15, 0.2) is 0 Å². The van der Waals surface area contributed by atoms with Crippen molar-refractivity contribution in [2.45, 2.75) is 19.4 Å². The van der Waals surface area contributed by atoms with Crippen molar-refractivity contribution in [2.24, 2.45) is 0 Å². The molecule has 0 bridgehead atoms. The van der Waals surface area contributed by atoms with Crippen LogP contribution in [0.2, 0.25) is 5.02 Å². The van der Waals surface area contributed by atoms with Crippen LogP contribution < -0.4 is 5.32 Å². The highest BCUT2D eigenvalue weighted by Crippen LogP contribution is 2.20. The maximum atomic E-state index is 11.8. The van der Waals surface area contributed by atoms with Gasteiger partial charge in [-0.3, -0.25) is 9.69 Å². The first-order valence-electron chi connectivity index (χ1n) is 6.76. The number of carbonyl (C=O) groups excluding carboxylic acids is 1. The molecule has 5 heteroatoms. The first-order chi connectivity index (χ1) is 9.54. The molecule has 4 nitrogen and oxygen atoms in total. The molecule has 20 heavy (non-hydrogen) atoms. The zero-order chi connectivity index (χ0) is 15.0. The Hall–Kier alpha value is -1.10. The van der Waals surface area contributed by atoms with Crippen LogP contribution in [0, 0.1) is 0 Å². The number of halogens is 1. The molecular weight excluding hydrogens is 276 g/mol. The second kappa shape index (κ2) is 8.95. The lowest BCUT2D eigenvalue weighted by atomic mass is 10.1. The zero-order valence-electron chi connectivity index (χ0n) is 12.4.